The van der Waals surface area contributed by atoms with Crippen LogP contribution in [0.5, 0.6) is 0 Å². The van der Waals surface area contributed by atoms with Gasteiger partial charge in [-0.25, -0.2) is 0 Å². The zero-order valence-electron chi connectivity index (χ0n) is 19.7. The zero-order valence-corrected chi connectivity index (χ0v) is 19.7. The number of hydrogen-bond donors (Lipinski definition) is 2. The number of carboxylic acids is 4. The van der Waals surface area contributed by atoms with Gasteiger partial charge in [-0.1, -0.05) is 17.7 Å². The Morgan fingerprint density at radius 3 is 1.66 bits per heavy atom. The highest BCUT2D eigenvalue weighted by Gasteiger charge is 2.16. The molecule has 1 aromatic carbocycles. The third-order valence-corrected chi connectivity index (χ3v) is 4.91. The van der Waals surface area contributed by atoms with Crippen molar-refractivity contribution in [2.45, 2.75) is 13.8 Å². The first-order valence-corrected chi connectivity index (χ1v) is 10.7. The highest BCUT2D eigenvalue weighted by atomic mass is 16.4. The van der Waals surface area contributed by atoms with Gasteiger partial charge in [0.15, 0.2) is 0 Å². The summed E-state index contributed by atoms with van der Waals surface area (Å²) in [4.78, 5) is 60.1. The van der Waals surface area contributed by atoms with Crippen molar-refractivity contribution in [1.82, 2.24) is 14.7 Å². The molecular formula is C22H29N4O9-3. The van der Waals surface area contributed by atoms with Crippen molar-refractivity contribution in [3.05, 3.63) is 29.3 Å². The second kappa shape index (κ2) is 14.7. The van der Waals surface area contributed by atoms with Gasteiger partial charge in [0.1, 0.15) is 0 Å². The normalized spacial score (nSPS) is 11.1. The number of rotatable bonds is 17. The quantitative estimate of drug-likeness (QED) is 0.211. The van der Waals surface area contributed by atoms with Crippen LogP contribution >= 0.6 is 0 Å². The van der Waals surface area contributed by atoms with Gasteiger partial charge >= 0.3 is 5.97 Å². The summed E-state index contributed by atoms with van der Waals surface area (Å²) in [7, 11) is 0. The average Bonchev–Trinajstić information content (AvgIpc) is 2.70. The molecular weight excluding hydrogens is 464 g/mol. The summed E-state index contributed by atoms with van der Waals surface area (Å²) in [5, 5.41) is 44.7. The molecule has 0 saturated heterocycles. The van der Waals surface area contributed by atoms with E-state index in [1.54, 1.807) is 6.07 Å². The van der Waals surface area contributed by atoms with E-state index in [0.717, 1.165) is 16.0 Å². The Hall–Kier alpha value is -3.55. The van der Waals surface area contributed by atoms with Crippen LogP contribution in [0, 0.1) is 13.8 Å². The molecule has 0 atom stereocenters. The number of benzene rings is 1. The Balaban J connectivity index is 2.79. The standard InChI is InChI=1S/C22H32N4O9/c1-15-3-4-17(16(2)9-15)23-18(27)10-25(12-20(30)31)7-5-24(11-19(28)29)6-8-26(13-21(32)33)14-22(34)35/h3-4,9H,5-8,10-14H2,1-2H3,(H,23,27)(H,28,29)(H,30,31)(H,32,33)(H,34,35)/p-3. The monoisotopic (exact) mass is 493 g/mol. The lowest BCUT2D eigenvalue weighted by molar-refractivity contribution is -0.308. The van der Waals surface area contributed by atoms with Crippen LogP contribution in [0.3, 0.4) is 0 Å². The molecule has 0 aliphatic rings. The van der Waals surface area contributed by atoms with Crippen molar-refractivity contribution < 1.29 is 44.4 Å². The number of aliphatic carboxylic acids is 4. The maximum Gasteiger partial charge on any atom is 0.317 e. The lowest BCUT2D eigenvalue weighted by Crippen LogP contribution is -2.49. The number of anilines is 1. The molecule has 0 unspecified atom stereocenters. The smallest absolute Gasteiger partial charge is 0.317 e. The van der Waals surface area contributed by atoms with E-state index in [-0.39, 0.29) is 32.7 Å². The molecule has 13 heteroatoms. The summed E-state index contributed by atoms with van der Waals surface area (Å²) in [6, 6.07) is 5.41. The van der Waals surface area contributed by atoms with E-state index in [4.69, 9.17) is 5.11 Å². The molecule has 0 aliphatic carbocycles. The van der Waals surface area contributed by atoms with E-state index in [9.17, 15) is 39.3 Å². The number of nitrogens with one attached hydrogen (secondary N) is 1. The predicted octanol–water partition coefficient (Wildman–Crippen LogP) is -4.52. The van der Waals surface area contributed by atoms with Gasteiger partial charge < -0.3 is 40.1 Å². The van der Waals surface area contributed by atoms with Crippen LogP contribution in [0.4, 0.5) is 5.69 Å². The van der Waals surface area contributed by atoms with E-state index in [0.29, 0.717) is 5.69 Å². The van der Waals surface area contributed by atoms with Gasteiger partial charge in [0.25, 0.3) is 0 Å². The molecule has 0 bridgehead atoms. The Bertz CT molecular complexity index is 906. The molecule has 13 nitrogen and oxygen atoms in total. The van der Waals surface area contributed by atoms with Crippen LogP contribution in [-0.2, 0) is 24.0 Å². The van der Waals surface area contributed by atoms with Crippen molar-refractivity contribution in [3.63, 3.8) is 0 Å². The van der Waals surface area contributed by atoms with Gasteiger partial charge in [-0.15, -0.1) is 0 Å². The Morgan fingerprint density at radius 2 is 1.20 bits per heavy atom. The van der Waals surface area contributed by atoms with Crippen molar-refractivity contribution in [2.24, 2.45) is 0 Å². The van der Waals surface area contributed by atoms with Crippen LogP contribution < -0.4 is 20.6 Å². The largest absolute Gasteiger partial charge is 0.549 e. The SMILES string of the molecule is Cc1ccc(NC(=O)CN(CCN(CCN(CC(=O)[O-])CC(=O)O)CC(=O)[O-])CC(=O)[O-])c(C)c1. The summed E-state index contributed by atoms with van der Waals surface area (Å²) in [5.74, 6) is -6.11. The van der Waals surface area contributed by atoms with Gasteiger partial charge in [-0.2, -0.15) is 0 Å². The van der Waals surface area contributed by atoms with Crippen molar-refractivity contribution >= 4 is 35.5 Å². The number of amides is 1. The Labute approximate surface area is 202 Å². The van der Waals surface area contributed by atoms with Gasteiger partial charge in [0.05, 0.1) is 31.0 Å². The second-order valence-electron chi connectivity index (χ2n) is 8.07. The van der Waals surface area contributed by atoms with Crippen LogP contribution in [0.1, 0.15) is 11.1 Å². The number of carboxylic acid groups (broad SMARTS) is 4. The number of hydrogen-bond acceptors (Lipinski definition) is 11. The third kappa shape index (κ3) is 13.1. The maximum atomic E-state index is 12.5. The first-order valence-electron chi connectivity index (χ1n) is 10.7. The molecule has 1 rings (SSSR count). The molecule has 0 spiro atoms. The number of nitrogens with zero attached hydrogens (tertiary/aromatic N) is 3. The Kier molecular flexibility index (Phi) is 12.3. The van der Waals surface area contributed by atoms with Crippen LogP contribution in [-0.4, -0.2) is 108 Å². The molecule has 35 heavy (non-hydrogen) atoms. The molecule has 1 amide bonds. The summed E-state index contributed by atoms with van der Waals surface area (Å²) < 4.78 is 0. The van der Waals surface area contributed by atoms with Crippen molar-refractivity contribution in [2.75, 3.05) is 64.2 Å². The summed E-state index contributed by atoms with van der Waals surface area (Å²) >= 11 is 0. The van der Waals surface area contributed by atoms with Crippen LogP contribution in [0.2, 0.25) is 0 Å². The molecule has 1 aromatic rings. The topological polar surface area (TPSA) is 197 Å². The maximum absolute atomic E-state index is 12.5. The number of carbonyl (C=O) groups excluding carboxylic acids is 4. The minimum absolute atomic E-state index is 0.0235. The van der Waals surface area contributed by atoms with Crippen molar-refractivity contribution in [1.29, 1.82) is 0 Å². The van der Waals surface area contributed by atoms with Crippen LogP contribution in [0.25, 0.3) is 0 Å². The average molecular weight is 493 g/mol. The molecule has 0 radical (unpaired) electrons. The number of aryl methyl sites for hydroxylation is 2. The molecule has 0 aromatic heterocycles. The second-order valence-corrected chi connectivity index (χ2v) is 8.07. The fourth-order valence-corrected chi connectivity index (χ4v) is 3.35. The van der Waals surface area contributed by atoms with Crippen LogP contribution in [0.15, 0.2) is 18.2 Å². The number of carbonyl (C=O) groups is 5. The van der Waals surface area contributed by atoms with Gasteiger partial charge in [-0.05, 0) is 25.5 Å². The van der Waals surface area contributed by atoms with Crippen molar-refractivity contribution in [3.8, 4) is 0 Å². The lowest BCUT2D eigenvalue weighted by atomic mass is 10.1. The molecule has 0 heterocycles. The summed E-state index contributed by atoms with van der Waals surface area (Å²) in [6.45, 7) is 0.760. The molecule has 194 valence electrons. The minimum atomic E-state index is -1.49. The lowest BCUT2D eigenvalue weighted by Gasteiger charge is -2.30. The highest BCUT2D eigenvalue weighted by molar-refractivity contribution is 5.93. The third-order valence-electron chi connectivity index (χ3n) is 4.91. The Morgan fingerprint density at radius 1 is 0.743 bits per heavy atom. The molecule has 0 aliphatic heterocycles. The zero-order chi connectivity index (χ0) is 26.5. The van der Waals surface area contributed by atoms with E-state index in [1.165, 1.54) is 9.80 Å². The van der Waals surface area contributed by atoms with Gasteiger partial charge in [-0.3, -0.25) is 24.3 Å². The fourth-order valence-electron chi connectivity index (χ4n) is 3.35. The first-order chi connectivity index (χ1) is 16.3. The van der Waals surface area contributed by atoms with E-state index < -0.39 is 56.0 Å². The van der Waals surface area contributed by atoms with Gasteiger partial charge in [0.2, 0.25) is 5.91 Å². The molecule has 2 N–H and O–H groups in total. The molecule has 0 saturated carbocycles. The first kappa shape index (κ1) is 29.5. The highest BCUT2D eigenvalue weighted by Crippen LogP contribution is 2.15. The van der Waals surface area contributed by atoms with E-state index >= 15 is 0 Å². The van der Waals surface area contributed by atoms with E-state index in [1.807, 2.05) is 26.0 Å². The molecule has 0 fully saturated rings. The summed E-state index contributed by atoms with van der Waals surface area (Å²) in [6.07, 6.45) is 0. The fraction of sp³-hybridized carbons (Fsp3) is 0.500. The van der Waals surface area contributed by atoms with Gasteiger partial charge in [0, 0.05) is 51.5 Å². The predicted molar refractivity (Wildman–Crippen MR) is 117 cm³/mol. The summed E-state index contributed by atoms with van der Waals surface area (Å²) in [5.41, 5.74) is 2.40. The van der Waals surface area contributed by atoms with E-state index in [2.05, 4.69) is 5.32 Å². The minimum Gasteiger partial charge on any atom is -0.549 e.